The van der Waals surface area contributed by atoms with Gasteiger partial charge < -0.3 is 38.9 Å². The third-order valence-corrected chi connectivity index (χ3v) is 10.1. The van der Waals surface area contributed by atoms with E-state index < -0.39 is 23.8 Å². The van der Waals surface area contributed by atoms with Crippen molar-refractivity contribution >= 4 is 11.8 Å². The Labute approximate surface area is 288 Å². The molecule has 1 saturated carbocycles. The van der Waals surface area contributed by atoms with Crippen LogP contribution in [0.2, 0.25) is 0 Å². The molecule has 2 aromatic rings. The number of aliphatic hydroxyl groups is 2. The van der Waals surface area contributed by atoms with Crippen LogP contribution >= 0.6 is 0 Å². The first-order valence-electron chi connectivity index (χ1n) is 17.1. The van der Waals surface area contributed by atoms with Gasteiger partial charge in [-0.05, 0) is 67.4 Å². The minimum absolute atomic E-state index is 0.0539. The summed E-state index contributed by atoms with van der Waals surface area (Å²) >= 11 is 0. The topological polar surface area (TPSA) is 119 Å². The average Bonchev–Trinajstić information content (AvgIpc) is 3.11. The molecular formula is C38H49FN2O8. The smallest absolute Gasteiger partial charge is 0.409 e. The summed E-state index contributed by atoms with van der Waals surface area (Å²) in [6.45, 7) is 4.33. The number of rotatable bonds is 16. The van der Waals surface area contributed by atoms with Crippen LogP contribution in [0.4, 0.5) is 9.18 Å². The van der Waals surface area contributed by atoms with E-state index in [0.717, 1.165) is 36.8 Å². The van der Waals surface area contributed by atoms with Crippen molar-refractivity contribution in [2.75, 3.05) is 41.1 Å². The number of fused-ring (bicyclic) bond motifs is 2. The molecule has 10 nitrogen and oxygen atoms in total. The molecule has 0 spiro atoms. The SMILES string of the molecule is C=CCOC12Oc3ccc(OCc4ccccc4F)cc3C3C(CCCCO)C(CCCCO)C=C(C(=NOC)CC1N(C)C(=O)OC)C32. The van der Waals surface area contributed by atoms with E-state index in [0.29, 0.717) is 35.6 Å². The number of hydrogen-bond acceptors (Lipinski definition) is 9. The largest absolute Gasteiger partial charge is 0.489 e. The van der Waals surface area contributed by atoms with E-state index in [1.807, 2.05) is 12.1 Å². The van der Waals surface area contributed by atoms with Gasteiger partial charge in [0.15, 0.2) is 0 Å². The third kappa shape index (κ3) is 7.49. The van der Waals surface area contributed by atoms with Crippen molar-refractivity contribution in [3.05, 3.63) is 83.7 Å². The van der Waals surface area contributed by atoms with Gasteiger partial charge in [-0.15, -0.1) is 6.58 Å². The van der Waals surface area contributed by atoms with Gasteiger partial charge in [0, 0.05) is 43.7 Å². The first-order valence-corrected chi connectivity index (χ1v) is 17.1. The first-order chi connectivity index (χ1) is 23.8. The van der Waals surface area contributed by atoms with Gasteiger partial charge in [-0.2, -0.15) is 0 Å². The Hall–Kier alpha value is -3.93. The molecule has 0 saturated heterocycles. The summed E-state index contributed by atoms with van der Waals surface area (Å²) in [7, 11) is 4.51. The van der Waals surface area contributed by atoms with Crippen molar-refractivity contribution in [1.29, 1.82) is 0 Å². The highest BCUT2D eigenvalue weighted by atomic mass is 19.1. The van der Waals surface area contributed by atoms with Gasteiger partial charge in [0.05, 0.1) is 25.3 Å². The van der Waals surface area contributed by atoms with Crippen molar-refractivity contribution < 1.29 is 43.2 Å². The van der Waals surface area contributed by atoms with Gasteiger partial charge >= 0.3 is 6.09 Å². The lowest BCUT2D eigenvalue weighted by Gasteiger charge is -2.59. The lowest BCUT2D eigenvalue weighted by atomic mass is 9.55. The number of ether oxygens (including phenoxy) is 4. The van der Waals surface area contributed by atoms with Crippen LogP contribution in [0, 0.1) is 23.6 Å². The van der Waals surface area contributed by atoms with Crippen molar-refractivity contribution in [1.82, 2.24) is 4.90 Å². The number of carbonyl (C=O) groups is 1. The summed E-state index contributed by atoms with van der Waals surface area (Å²) < 4.78 is 39.6. The molecule has 266 valence electrons. The maximum absolute atomic E-state index is 14.5. The van der Waals surface area contributed by atoms with Gasteiger partial charge in [0.1, 0.15) is 37.1 Å². The molecule has 1 fully saturated rings. The van der Waals surface area contributed by atoms with Gasteiger partial charge in [-0.25, -0.2) is 9.18 Å². The molecule has 2 aromatic carbocycles. The molecule has 0 radical (unpaired) electrons. The van der Waals surface area contributed by atoms with Crippen LogP contribution < -0.4 is 9.47 Å². The zero-order chi connectivity index (χ0) is 35.0. The quantitative estimate of drug-likeness (QED) is 0.119. The van der Waals surface area contributed by atoms with E-state index in [1.54, 1.807) is 37.4 Å². The minimum atomic E-state index is -1.35. The molecule has 1 amide bonds. The molecule has 0 bridgehead atoms. The number of amides is 1. The highest BCUT2D eigenvalue weighted by molar-refractivity contribution is 6.02. The second-order valence-electron chi connectivity index (χ2n) is 12.9. The Morgan fingerprint density at radius 3 is 2.57 bits per heavy atom. The summed E-state index contributed by atoms with van der Waals surface area (Å²) in [4.78, 5) is 20.1. The number of likely N-dealkylation sites (N-methyl/N-ethyl adjacent to an activating group) is 1. The maximum Gasteiger partial charge on any atom is 0.409 e. The van der Waals surface area contributed by atoms with Gasteiger partial charge in [-0.3, -0.25) is 0 Å². The van der Waals surface area contributed by atoms with Crippen LogP contribution in [0.3, 0.4) is 0 Å². The predicted octanol–water partition coefficient (Wildman–Crippen LogP) is 6.37. The monoisotopic (exact) mass is 680 g/mol. The number of allylic oxidation sites excluding steroid dienone is 1. The van der Waals surface area contributed by atoms with Gasteiger partial charge in [-0.1, -0.05) is 48.3 Å². The third-order valence-electron chi connectivity index (χ3n) is 10.1. The molecule has 2 aliphatic carbocycles. The normalized spacial score (nSPS) is 26.1. The fourth-order valence-electron chi connectivity index (χ4n) is 7.98. The molecule has 2 N–H and O–H groups in total. The molecule has 6 unspecified atom stereocenters. The molecule has 1 heterocycles. The van der Waals surface area contributed by atoms with E-state index in [9.17, 15) is 19.4 Å². The Balaban J connectivity index is 1.71. The first kappa shape index (κ1) is 36.4. The lowest BCUT2D eigenvalue weighted by molar-refractivity contribution is -0.253. The molecule has 1 aliphatic heterocycles. The van der Waals surface area contributed by atoms with Crippen molar-refractivity contribution in [2.45, 2.75) is 69.3 Å². The number of hydrogen-bond donors (Lipinski definition) is 2. The van der Waals surface area contributed by atoms with Crippen LogP contribution in [0.5, 0.6) is 11.5 Å². The van der Waals surface area contributed by atoms with Crippen LogP contribution in [0.15, 0.2) is 71.9 Å². The number of benzene rings is 2. The molecule has 5 rings (SSSR count). The van der Waals surface area contributed by atoms with E-state index in [1.165, 1.54) is 25.2 Å². The molecular weight excluding hydrogens is 631 g/mol. The van der Waals surface area contributed by atoms with E-state index in [2.05, 4.69) is 17.8 Å². The Morgan fingerprint density at radius 2 is 1.88 bits per heavy atom. The summed E-state index contributed by atoms with van der Waals surface area (Å²) in [5.74, 6) is -0.982. The number of nitrogens with zero attached hydrogens (tertiary/aromatic N) is 2. The molecule has 3 aliphatic rings. The molecule has 11 heteroatoms. The number of aliphatic hydroxyl groups excluding tert-OH is 2. The van der Waals surface area contributed by atoms with Crippen molar-refractivity contribution in [3.8, 4) is 11.5 Å². The van der Waals surface area contributed by atoms with Crippen molar-refractivity contribution in [2.24, 2.45) is 22.9 Å². The van der Waals surface area contributed by atoms with E-state index in [4.69, 9.17) is 23.8 Å². The van der Waals surface area contributed by atoms with Gasteiger partial charge in [0.2, 0.25) is 5.79 Å². The zero-order valence-corrected chi connectivity index (χ0v) is 28.7. The number of carbonyl (C=O) groups excluding carboxylic acids is 1. The van der Waals surface area contributed by atoms with Crippen molar-refractivity contribution in [3.63, 3.8) is 0 Å². The lowest BCUT2D eigenvalue weighted by Crippen LogP contribution is -2.69. The van der Waals surface area contributed by atoms with E-state index >= 15 is 0 Å². The standard InChI is InChI=1S/C38H49FN2O8/c1-5-20-48-38-34(41(2)37(44)45-3)23-32(40-46-4)29-21-25(12-8-10-18-42)28(14-9-11-19-43)35(36(29)38)30-22-27(16-17-33(30)49-38)47-24-26-13-6-7-15-31(26)39/h5-7,13,15-17,21-22,25,28,34-36,42-43H,1,8-12,14,18-20,23-24H2,2-4H3. The Morgan fingerprint density at radius 1 is 1.12 bits per heavy atom. The van der Waals surface area contributed by atoms with Gasteiger partial charge in [0.25, 0.3) is 0 Å². The second kappa shape index (κ2) is 16.7. The van der Waals surface area contributed by atoms with E-state index in [-0.39, 0.29) is 56.4 Å². The summed E-state index contributed by atoms with van der Waals surface area (Å²) in [6.07, 6.45) is 8.29. The highest BCUT2D eigenvalue weighted by Gasteiger charge is 2.65. The molecule has 6 atom stereocenters. The van der Waals surface area contributed by atoms with Crippen LogP contribution in [0.1, 0.15) is 62.0 Å². The summed E-state index contributed by atoms with van der Waals surface area (Å²) in [5, 5.41) is 23.9. The number of halogens is 1. The Bertz CT molecular complexity index is 1510. The molecule has 49 heavy (non-hydrogen) atoms. The highest BCUT2D eigenvalue weighted by Crippen LogP contribution is 2.61. The van der Waals surface area contributed by atoms with Crippen LogP contribution in [-0.4, -0.2) is 79.8 Å². The number of unbranched alkanes of at least 4 members (excludes halogenated alkanes) is 2. The zero-order valence-electron chi connectivity index (χ0n) is 28.7. The second-order valence-corrected chi connectivity index (χ2v) is 12.9. The number of methoxy groups -OCH3 is 1. The number of oxime groups is 1. The fraction of sp³-hybridized carbons (Fsp3) is 0.526. The maximum atomic E-state index is 14.5. The fourth-order valence-corrected chi connectivity index (χ4v) is 7.98. The summed E-state index contributed by atoms with van der Waals surface area (Å²) in [6, 6.07) is 11.5. The molecule has 0 aromatic heterocycles. The average molecular weight is 681 g/mol. The van der Waals surface area contributed by atoms with Crippen LogP contribution in [-0.2, 0) is 20.9 Å². The van der Waals surface area contributed by atoms with Crippen LogP contribution in [0.25, 0.3) is 0 Å². The Kier molecular flexibility index (Phi) is 12.4. The summed E-state index contributed by atoms with van der Waals surface area (Å²) in [5.41, 5.74) is 2.99. The predicted molar refractivity (Wildman–Crippen MR) is 183 cm³/mol. The minimum Gasteiger partial charge on any atom is -0.489 e.